The van der Waals surface area contributed by atoms with Crippen LogP contribution in [0.3, 0.4) is 0 Å². The summed E-state index contributed by atoms with van der Waals surface area (Å²) in [5.41, 5.74) is 6.57. The van der Waals surface area contributed by atoms with Crippen molar-refractivity contribution >= 4 is 118 Å². The number of rotatable bonds is 6. The van der Waals surface area contributed by atoms with E-state index in [-0.39, 0.29) is 0 Å². The Morgan fingerprint density at radius 3 is 1.24 bits per heavy atom. The van der Waals surface area contributed by atoms with Crippen LogP contribution in [0.25, 0.3) is 72.7 Å². The Hall–Kier alpha value is -5.68. The molecule has 0 aliphatic rings. The smallest absolute Gasteiger partial charge is 0.0637 e. The molecule has 10 aromatic rings. The summed E-state index contributed by atoms with van der Waals surface area (Å²) in [6.07, 6.45) is 0. The molecule has 0 saturated heterocycles. The second kappa shape index (κ2) is 10.9. The average molecular weight is 677 g/mol. The number of nitrogens with zero attached hydrogens (tertiary/aromatic N) is 2. The summed E-state index contributed by atoms with van der Waals surface area (Å²) in [5, 5.41) is 12.6. The molecule has 0 amide bonds. The molecule has 0 aliphatic heterocycles. The van der Waals surface area contributed by atoms with E-state index in [1.165, 1.54) is 72.7 Å². The summed E-state index contributed by atoms with van der Waals surface area (Å²) in [5.74, 6) is 0. The van der Waals surface area contributed by atoms with Crippen LogP contribution >= 0.6 is 22.7 Å². The number of benzene rings is 8. The predicted octanol–water partition coefficient (Wildman–Crippen LogP) is 14.7. The lowest BCUT2D eigenvalue weighted by atomic mass is 9.91. The molecule has 0 fully saturated rings. The van der Waals surface area contributed by atoms with E-state index in [9.17, 15) is 0 Å². The summed E-state index contributed by atoms with van der Waals surface area (Å²) in [4.78, 5) is 4.71. The number of anilines is 4. The van der Waals surface area contributed by atoms with Gasteiger partial charge in [-0.2, -0.15) is 0 Å². The molecule has 0 unspecified atom stereocenters. The summed E-state index contributed by atoms with van der Waals surface area (Å²) < 4.78 is 5.15. The molecule has 2 heterocycles. The normalized spacial score (nSPS) is 12.0. The van der Waals surface area contributed by atoms with E-state index in [0.29, 0.717) is 0 Å². The number of hydrogen-bond acceptors (Lipinski definition) is 4. The summed E-state index contributed by atoms with van der Waals surface area (Å²) in [7, 11) is 0. The van der Waals surface area contributed by atoms with E-state index in [1.807, 2.05) is 22.7 Å². The van der Waals surface area contributed by atoms with Crippen molar-refractivity contribution in [2.75, 3.05) is 9.80 Å². The molecule has 0 atom stereocenters. The van der Waals surface area contributed by atoms with E-state index in [0.717, 1.165) is 34.1 Å². The molecular formula is C46H32N2S2. The molecule has 8 aromatic carbocycles. The van der Waals surface area contributed by atoms with E-state index in [2.05, 4.69) is 170 Å². The maximum absolute atomic E-state index is 4.52. The lowest BCUT2D eigenvalue weighted by Crippen LogP contribution is -2.15. The molecule has 2 aromatic heterocycles. The van der Waals surface area contributed by atoms with Crippen molar-refractivity contribution < 1.29 is 0 Å². The highest BCUT2D eigenvalue weighted by molar-refractivity contribution is 7.26. The van der Waals surface area contributed by atoms with Gasteiger partial charge >= 0.3 is 0 Å². The van der Waals surface area contributed by atoms with Crippen molar-refractivity contribution in [3.05, 3.63) is 158 Å². The second-order valence-corrected chi connectivity index (χ2v) is 15.3. The van der Waals surface area contributed by atoms with Gasteiger partial charge in [-0.15, -0.1) is 22.7 Å². The lowest BCUT2D eigenvalue weighted by molar-refractivity contribution is 1.19. The maximum atomic E-state index is 4.52. The minimum atomic E-state index is 0.982. The Morgan fingerprint density at radius 1 is 0.400 bits per heavy atom. The van der Waals surface area contributed by atoms with Gasteiger partial charge in [0.05, 0.1) is 32.1 Å². The Kier molecular flexibility index (Phi) is 6.38. The van der Waals surface area contributed by atoms with Crippen molar-refractivity contribution in [1.29, 1.82) is 0 Å². The molecule has 50 heavy (non-hydrogen) atoms. The summed E-state index contributed by atoms with van der Waals surface area (Å²) in [6.45, 7) is 13.3. The molecule has 0 aliphatic carbocycles. The highest BCUT2D eigenvalue weighted by Crippen LogP contribution is 2.49. The van der Waals surface area contributed by atoms with Gasteiger partial charge in [-0.1, -0.05) is 110 Å². The van der Waals surface area contributed by atoms with Crippen LogP contribution in [0, 0.1) is 0 Å². The molecule has 0 spiro atoms. The van der Waals surface area contributed by atoms with E-state index in [1.54, 1.807) is 0 Å². The quantitative estimate of drug-likeness (QED) is 0.162. The van der Waals surface area contributed by atoms with Gasteiger partial charge in [-0.3, -0.25) is 0 Å². The molecule has 4 heteroatoms. The number of allylic oxidation sites excluding steroid dienone is 2. The van der Waals surface area contributed by atoms with Crippen LogP contribution in [0.2, 0.25) is 0 Å². The first-order valence-electron chi connectivity index (χ1n) is 16.9. The Labute approximate surface area is 298 Å². The molecule has 0 N–H and O–H groups in total. The van der Waals surface area contributed by atoms with Crippen LogP contribution in [-0.2, 0) is 0 Å². The minimum absolute atomic E-state index is 0.982. The molecule has 10 rings (SSSR count). The van der Waals surface area contributed by atoms with Gasteiger partial charge < -0.3 is 9.80 Å². The van der Waals surface area contributed by atoms with Gasteiger partial charge in [-0.25, -0.2) is 0 Å². The third-order valence-electron chi connectivity index (χ3n) is 10.1. The minimum Gasteiger partial charge on any atom is -0.313 e. The maximum Gasteiger partial charge on any atom is 0.0637 e. The van der Waals surface area contributed by atoms with Gasteiger partial charge in [0.15, 0.2) is 0 Å². The van der Waals surface area contributed by atoms with Crippen LogP contribution < -0.4 is 9.80 Å². The van der Waals surface area contributed by atoms with Crippen molar-refractivity contribution in [3.63, 3.8) is 0 Å². The first-order valence-corrected chi connectivity index (χ1v) is 18.5. The fraction of sp³-hybridized carbons (Fsp3) is 0.0435. The lowest BCUT2D eigenvalue weighted by Gasteiger charge is -2.29. The Morgan fingerprint density at radius 2 is 0.800 bits per heavy atom. The van der Waals surface area contributed by atoms with Gasteiger partial charge in [0.2, 0.25) is 0 Å². The van der Waals surface area contributed by atoms with Crippen LogP contribution in [0.4, 0.5) is 22.7 Å². The van der Waals surface area contributed by atoms with Crippen molar-refractivity contribution in [2.24, 2.45) is 0 Å². The van der Waals surface area contributed by atoms with Crippen LogP contribution in [-0.4, -0.2) is 0 Å². The largest absolute Gasteiger partial charge is 0.313 e. The second-order valence-electron chi connectivity index (χ2n) is 13.2. The SMILES string of the molecule is C=C(C)N(c1ccc2ccc3c(N(C(=C)C)c4cccc5c4sc4ccccc45)ccc4ccc1c2c43)c1cccc2c1sc1ccccc12. The molecule has 2 nitrogen and oxygen atoms in total. The van der Waals surface area contributed by atoms with Crippen molar-refractivity contribution in [3.8, 4) is 0 Å². The molecule has 238 valence electrons. The van der Waals surface area contributed by atoms with Gasteiger partial charge in [-0.05, 0) is 71.8 Å². The number of fused-ring (bicyclic) bond motifs is 6. The topological polar surface area (TPSA) is 6.48 Å². The van der Waals surface area contributed by atoms with Crippen molar-refractivity contribution in [1.82, 2.24) is 0 Å². The zero-order valence-electron chi connectivity index (χ0n) is 27.8. The zero-order valence-corrected chi connectivity index (χ0v) is 29.5. The molecule has 0 bridgehead atoms. The third kappa shape index (κ3) is 4.13. The average Bonchev–Trinajstić information content (AvgIpc) is 3.71. The fourth-order valence-corrected chi connectivity index (χ4v) is 10.5. The molecule has 0 radical (unpaired) electrons. The summed E-state index contributed by atoms with van der Waals surface area (Å²) >= 11 is 3.71. The number of thiophene rings is 2. The van der Waals surface area contributed by atoms with E-state index >= 15 is 0 Å². The predicted molar refractivity (Wildman–Crippen MR) is 223 cm³/mol. The fourth-order valence-electron chi connectivity index (χ4n) is 8.06. The summed E-state index contributed by atoms with van der Waals surface area (Å²) in [6, 6.07) is 49.0. The van der Waals surface area contributed by atoms with Crippen LogP contribution in [0.15, 0.2) is 158 Å². The monoisotopic (exact) mass is 676 g/mol. The van der Waals surface area contributed by atoms with Crippen LogP contribution in [0.5, 0.6) is 0 Å². The zero-order chi connectivity index (χ0) is 33.7. The first kappa shape index (κ1) is 29.3. The standard InChI is InChI=1S/C46H32N2S2/c1-27(2)47(39-15-9-13-33-31-11-5-7-17-41(31)49-45(33)39)37-25-21-29-20-24-36-38(26-22-30-19-23-35(37)43(29)44(30)36)48(28(3)4)40-16-10-14-34-32-12-6-8-18-42(32)50-46(34)40/h5-26H,1,3H2,2,4H3. The Bertz CT molecular complexity index is 2810. The van der Waals surface area contributed by atoms with E-state index < -0.39 is 0 Å². The highest BCUT2D eigenvalue weighted by atomic mass is 32.1. The molecule has 0 saturated carbocycles. The van der Waals surface area contributed by atoms with Gasteiger partial charge in [0.25, 0.3) is 0 Å². The van der Waals surface area contributed by atoms with E-state index in [4.69, 9.17) is 0 Å². The van der Waals surface area contributed by atoms with Crippen LogP contribution in [0.1, 0.15) is 13.8 Å². The van der Waals surface area contributed by atoms with Gasteiger partial charge in [0, 0.05) is 53.1 Å². The number of hydrogen-bond donors (Lipinski definition) is 0. The highest BCUT2D eigenvalue weighted by Gasteiger charge is 2.23. The first-order chi connectivity index (χ1) is 24.5. The molecular weight excluding hydrogens is 645 g/mol. The Balaban J connectivity index is 1.22. The van der Waals surface area contributed by atoms with Crippen molar-refractivity contribution in [2.45, 2.75) is 13.8 Å². The third-order valence-corrected chi connectivity index (χ3v) is 12.5. The van der Waals surface area contributed by atoms with Gasteiger partial charge in [0.1, 0.15) is 0 Å².